The van der Waals surface area contributed by atoms with E-state index >= 15 is 0 Å². The maximum absolute atomic E-state index is 13.5. The highest BCUT2D eigenvalue weighted by Crippen LogP contribution is 2.35. The van der Waals surface area contributed by atoms with Crippen LogP contribution < -0.4 is 20.7 Å². The minimum Gasteiger partial charge on any atom is -0.492 e. The van der Waals surface area contributed by atoms with E-state index in [9.17, 15) is 14.0 Å². The van der Waals surface area contributed by atoms with E-state index in [1.807, 2.05) is 48.9 Å². The highest BCUT2D eigenvalue weighted by atomic mass is 35.5. The molecule has 10 heteroatoms. The molecular weight excluding hydrogens is 617 g/mol. The van der Waals surface area contributed by atoms with E-state index in [1.165, 1.54) is 12.1 Å². The Morgan fingerprint density at radius 2 is 1.68 bits per heavy atom. The van der Waals surface area contributed by atoms with Crippen molar-refractivity contribution in [2.75, 3.05) is 13.7 Å². The SMILES string of the molecule is CNC(=O)[C@@H](Cc1ccc(Cl)cc1)NC(=O)c1cccc2c1OCCC2NCc1cncn1Cc1ccc(-c2ccc(F)cc2)cc1. The third-order valence-corrected chi connectivity index (χ3v) is 8.60. The summed E-state index contributed by atoms with van der Waals surface area (Å²) >= 11 is 6.02. The van der Waals surface area contributed by atoms with Gasteiger partial charge in [0.2, 0.25) is 5.91 Å². The van der Waals surface area contributed by atoms with Crippen molar-refractivity contribution in [3.05, 3.63) is 142 Å². The molecule has 8 nitrogen and oxygen atoms in total. The lowest BCUT2D eigenvalue weighted by Crippen LogP contribution is -2.47. The molecule has 0 fully saturated rings. The number of likely N-dealkylation sites (N-methyl/N-ethyl adjacent to an activating group) is 1. The average Bonchev–Trinajstić information content (AvgIpc) is 3.54. The molecule has 0 aliphatic carbocycles. The quantitative estimate of drug-likeness (QED) is 0.161. The van der Waals surface area contributed by atoms with Crippen LogP contribution in [0.3, 0.4) is 0 Å². The Bertz CT molecular complexity index is 1840. The first-order valence-corrected chi connectivity index (χ1v) is 15.9. The van der Waals surface area contributed by atoms with Gasteiger partial charge in [0.15, 0.2) is 0 Å². The minimum absolute atomic E-state index is 0.0475. The summed E-state index contributed by atoms with van der Waals surface area (Å²) in [5.41, 5.74) is 6.28. The van der Waals surface area contributed by atoms with E-state index in [2.05, 4.69) is 37.6 Å². The van der Waals surface area contributed by atoms with Gasteiger partial charge in [0.25, 0.3) is 5.91 Å². The van der Waals surface area contributed by atoms with E-state index in [0.29, 0.717) is 42.5 Å². The normalized spacial score (nSPS) is 14.5. The van der Waals surface area contributed by atoms with E-state index < -0.39 is 6.04 Å². The fraction of sp³-hybridized carbons (Fsp3) is 0.216. The van der Waals surface area contributed by atoms with Gasteiger partial charge in [-0.25, -0.2) is 9.37 Å². The summed E-state index contributed by atoms with van der Waals surface area (Å²) in [6.07, 6.45) is 4.71. The molecule has 2 heterocycles. The smallest absolute Gasteiger partial charge is 0.255 e. The van der Waals surface area contributed by atoms with Crippen LogP contribution in [0.15, 0.2) is 104 Å². The van der Waals surface area contributed by atoms with Gasteiger partial charge in [0.05, 0.1) is 24.2 Å². The van der Waals surface area contributed by atoms with Gasteiger partial charge in [-0.05, 0) is 52.6 Å². The molecule has 240 valence electrons. The molecule has 3 N–H and O–H groups in total. The topological polar surface area (TPSA) is 97.3 Å². The van der Waals surface area contributed by atoms with Gasteiger partial charge in [-0.3, -0.25) is 9.59 Å². The second kappa shape index (κ2) is 14.6. The summed E-state index contributed by atoms with van der Waals surface area (Å²) in [7, 11) is 1.55. The summed E-state index contributed by atoms with van der Waals surface area (Å²) in [5.74, 6) is -0.405. The Balaban J connectivity index is 1.12. The third kappa shape index (κ3) is 7.70. The number of imidazole rings is 1. The van der Waals surface area contributed by atoms with Gasteiger partial charge in [-0.15, -0.1) is 0 Å². The van der Waals surface area contributed by atoms with E-state index in [1.54, 1.807) is 37.4 Å². The Morgan fingerprint density at radius 3 is 2.40 bits per heavy atom. The highest BCUT2D eigenvalue weighted by Gasteiger charge is 2.28. The molecule has 4 aromatic carbocycles. The number of amides is 2. The monoisotopic (exact) mass is 651 g/mol. The van der Waals surface area contributed by atoms with Crippen LogP contribution in [0.4, 0.5) is 4.39 Å². The van der Waals surface area contributed by atoms with Crippen LogP contribution in [-0.2, 0) is 24.3 Å². The number of halogens is 2. The number of hydrogen-bond donors (Lipinski definition) is 3. The second-order valence-electron chi connectivity index (χ2n) is 11.5. The number of para-hydroxylation sites is 1. The van der Waals surface area contributed by atoms with Crippen molar-refractivity contribution < 1.29 is 18.7 Å². The number of carbonyl (C=O) groups is 2. The fourth-order valence-electron chi connectivity index (χ4n) is 5.80. The average molecular weight is 652 g/mol. The summed E-state index contributed by atoms with van der Waals surface area (Å²) in [6.45, 7) is 1.66. The fourth-order valence-corrected chi connectivity index (χ4v) is 5.92. The Hall–Kier alpha value is -4.99. The summed E-state index contributed by atoms with van der Waals surface area (Å²) in [6, 6.07) is 26.6. The Morgan fingerprint density at radius 1 is 0.979 bits per heavy atom. The zero-order valence-corrected chi connectivity index (χ0v) is 26.6. The van der Waals surface area contributed by atoms with Gasteiger partial charge in [-0.2, -0.15) is 0 Å². The molecule has 1 unspecified atom stereocenters. The van der Waals surface area contributed by atoms with Gasteiger partial charge in [-0.1, -0.05) is 72.3 Å². The molecule has 2 atom stereocenters. The van der Waals surface area contributed by atoms with Crippen molar-refractivity contribution in [3.63, 3.8) is 0 Å². The molecule has 2 amide bonds. The summed E-state index contributed by atoms with van der Waals surface area (Å²) in [4.78, 5) is 30.6. The van der Waals surface area contributed by atoms with Crippen molar-refractivity contribution in [2.24, 2.45) is 0 Å². The molecule has 1 aliphatic rings. The largest absolute Gasteiger partial charge is 0.492 e. The molecule has 1 aromatic heterocycles. The van der Waals surface area contributed by atoms with E-state index in [-0.39, 0.29) is 23.7 Å². The van der Waals surface area contributed by atoms with Crippen LogP contribution in [0.5, 0.6) is 5.75 Å². The Kier molecular flexibility index (Phi) is 9.94. The van der Waals surface area contributed by atoms with Gasteiger partial charge in [0.1, 0.15) is 17.6 Å². The first kappa shape index (κ1) is 32.0. The zero-order chi connectivity index (χ0) is 32.8. The standard InChI is InChI=1S/C37H35ClFN5O3/c1-40-37(46)34(19-24-7-13-28(38)14-8-24)43-36(45)32-4-2-3-31-33(17-18-47-35(31)32)42-21-30-20-41-23-44(30)22-25-5-9-26(10-6-25)27-11-15-29(39)16-12-27/h2-16,20,23,33-34,42H,17-19,21-22H2,1H3,(H,40,46)(H,43,45)/t33?,34-/m1/s1. The number of aromatic nitrogens is 2. The molecule has 0 saturated heterocycles. The molecule has 5 aromatic rings. The molecule has 1 aliphatic heterocycles. The lowest BCUT2D eigenvalue weighted by molar-refractivity contribution is -0.122. The lowest BCUT2D eigenvalue weighted by Gasteiger charge is -2.28. The van der Waals surface area contributed by atoms with Crippen LogP contribution in [0.25, 0.3) is 11.1 Å². The molecule has 47 heavy (non-hydrogen) atoms. The van der Waals surface area contributed by atoms with Gasteiger partial charge < -0.3 is 25.3 Å². The molecule has 6 rings (SSSR count). The van der Waals surface area contributed by atoms with Crippen LogP contribution in [0.2, 0.25) is 5.02 Å². The van der Waals surface area contributed by atoms with E-state index in [0.717, 1.165) is 39.9 Å². The van der Waals surface area contributed by atoms with Crippen molar-refractivity contribution in [1.29, 1.82) is 0 Å². The van der Waals surface area contributed by atoms with Crippen molar-refractivity contribution in [3.8, 4) is 16.9 Å². The zero-order valence-electron chi connectivity index (χ0n) is 25.9. The van der Waals surface area contributed by atoms with Crippen LogP contribution in [0, 0.1) is 5.82 Å². The lowest BCUT2D eigenvalue weighted by atomic mass is 9.96. The molecular formula is C37H35ClFN5O3. The first-order chi connectivity index (χ1) is 22.9. The number of ether oxygens (including phenoxy) is 1. The molecule has 0 radical (unpaired) electrons. The van der Waals surface area contributed by atoms with Crippen molar-refractivity contribution in [2.45, 2.75) is 38.0 Å². The molecule has 0 spiro atoms. The van der Waals surface area contributed by atoms with Crippen LogP contribution >= 0.6 is 11.6 Å². The van der Waals surface area contributed by atoms with Crippen LogP contribution in [-0.4, -0.2) is 41.1 Å². The molecule has 0 saturated carbocycles. The van der Waals surface area contributed by atoms with E-state index in [4.69, 9.17) is 16.3 Å². The van der Waals surface area contributed by atoms with Gasteiger partial charge in [0, 0.05) is 55.8 Å². The number of hydrogen-bond acceptors (Lipinski definition) is 5. The van der Waals surface area contributed by atoms with Crippen molar-refractivity contribution in [1.82, 2.24) is 25.5 Å². The number of nitrogens with zero attached hydrogens (tertiary/aromatic N) is 2. The highest BCUT2D eigenvalue weighted by molar-refractivity contribution is 6.30. The number of carbonyl (C=O) groups excluding carboxylic acids is 2. The summed E-state index contributed by atoms with van der Waals surface area (Å²) < 4.78 is 21.5. The number of rotatable bonds is 11. The van der Waals surface area contributed by atoms with Crippen molar-refractivity contribution >= 4 is 23.4 Å². The first-order valence-electron chi connectivity index (χ1n) is 15.5. The number of benzene rings is 4. The number of nitrogens with one attached hydrogen (secondary N) is 3. The predicted octanol–water partition coefficient (Wildman–Crippen LogP) is 6.09. The number of fused-ring (bicyclic) bond motifs is 1. The van der Waals surface area contributed by atoms with Gasteiger partial charge >= 0.3 is 0 Å². The maximum atomic E-state index is 13.5. The molecule has 0 bridgehead atoms. The third-order valence-electron chi connectivity index (χ3n) is 8.35. The summed E-state index contributed by atoms with van der Waals surface area (Å²) in [5, 5.41) is 9.78. The maximum Gasteiger partial charge on any atom is 0.255 e. The van der Waals surface area contributed by atoms with Crippen LogP contribution in [0.1, 0.15) is 45.2 Å². The predicted molar refractivity (Wildman–Crippen MR) is 180 cm³/mol. The minimum atomic E-state index is -0.776. The Labute approximate surface area is 277 Å². The second-order valence-corrected chi connectivity index (χ2v) is 11.9.